The molecule has 0 aliphatic heterocycles. The monoisotopic (exact) mass is 445 g/mol. The Labute approximate surface area is 183 Å². The summed E-state index contributed by atoms with van der Waals surface area (Å²) >= 11 is 1.35. The van der Waals surface area contributed by atoms with Gasteiger partial charge in [-0.3, -0.25) is 5.32 Å². The molecule has 0 atom stereocenters. The molecule has 0 bridgehead atoms. The molecule has 164 valence electrons. The first-order chi connectivity index (χ1) is 15.0. The van der Waals surface area contributed by atoms with Crippen LogP contribution in [-0.2, 0) is 17.7 Å². The number of hydrogen-bond donors (Lipinski definition) is 2. The molecule has 10 heteroatoms. The van der Waals surface area contributed by atoms with Crippen LogP contribution in [0, 0.1) is 6.92 Å². The van der Waals surface area contributed by atoms with Gasteiger partial charge in [0.05, 0.1) is 29.3 Å². The van der Waals surface area contributed by atoms with Gasteiger partial charge in [-0.1, -0.05) is 23.5 Å². The van der Waals surface area contributed by atoms with Crippen molar-refractivity contribution in [1.82, 2.24) is 19.9 Å². The molecule has 8 nitrogen and oxygen atoms in total. The third-order valence-electron chi connectivity index (χ3n) is 4.44. The number of halogens is 1. The minimum Gasteiger partial charge on any atom is -0.462 e. The second kappa shape index (κ2) is 10.7. The average Bonchev–Trinajstić information content (AvgIpc) is 3.34. The predicted molar refractivity (Wildman–Crippen MR) is 117 cm³/mol. The van der Waals surface area contributed by atoms with Crippen molar-refractivity contribution in [1.29, 1.82) is 0 Å². The molecule has 3 aromatic rings. The van der Waals surface area contributed by atoms with E-state index < -0.39 is 6.67 Å². The molecule has 2 amide bonds. The van der Waals surface area contributed by atoms with E-state index in [-0.39, 0.29) is 18.5 Å². The summed E-state index contributed by atoms with van der Waals surface area (Å²) in [6.07, 6.45) is 3.83. The first-order valence-electron chi connectivity index (χ1n) is 9.87. The zero-order valence-corrected chi connectivity index (χ0v) is 18.2. The molecule has 2 aromatic heterocycles. The number of hydrogen-bond acceptors (Lipinski definition) is 6. The van der Waals surface area contributed by atoms with Crippen molar-refractivity contribution in [3.63, 3.8) is 0 Å². The number of alkyl halides is 1. The largest absolute Gasteiger partial charge is 0.462 e. The summed E-state index contributed by atoms with van der Waals surface area (Å²) in [6.45, 7) is 4.10. The quantitative estimate of drug-likeness (QED) is 0.488. The van der Waals surface area contributed by atoms with E-state index in [0.717, 1.165) is 22.0 Å². The number of anilines is 1. The number of imidazole rings is 1. The Morgan fingerprint density at radius 2 is 2.03 bits per heavy atom. The number of benzene rings is 1. The summed E-state index contributed by atoms with van der Waals surface area (Å²) in [5, 5.41) is 5.96. The van der Waals surface area contributed by atoms with Crippen LogP contribution in [0.1, 0.15) is 28.8 Å². The normalized spacial score (nSPS) is 10.7. The number of esters is 1. The first-order valence-corrected chi connectivity index (χ1v) is 10.7. The Bertz CT molecular complexity index is 1030. The smallest absolute Gasteiger partial charge is 0.338 e. The minimum absolute atomic E-state index is 0.253. The fourth-order valence-corrected chi connectivity index (χ4v) is 3.95. The van der Waals surface area contributed by atoms with Crippen LogP contribution in [0.25, 0.3) is 10.4 Å². The van der Waals surface area contributed by atoms with E-state index in [2.05, 4.69) is 20.6 Å². The van der Waals surface area contributed by atoms with E-state index in [4.69, 9.17) is 4.74 Å². The van der Waals surface area contributed by atoms with Crippen molar-refractivity contribution >= 4 is 28.5 Å². The molecule has 0 saturated carbocycles. The highest BCUT2D eigenvalue weighted by molar-refractivity contribution is 7.19. The molecule has 2 N–H and O–H groups in total. The van der Waals surface area contributed by atoms with Gasteiger partial charge in [-0.05, 0) is 31.5 Å². The SMILES string of the molecule is CCOC(=O)c1ccc(-c2sc(NC(=O)NCCc3nccn3CCF)nc2C)cc1. The van der Waals surface area contributed by atoms with Crippen LogP contribution in [0.3, 0.4) is 0 Å². The molecule has 2 heterocycles. The maximum absolute atomic E-state index is 12.5. The summed E-state index contributed by atoms with van der Waals surface area (Å²) in [5.41, 5.74) is 2.16. The molecular formula is C21H24FN5O3S. The standard InChI is InChI=1S/C21H24FN5O3S/c1-3-30-19(28)16-6-4-15(5-7-16)18-14(2)25-21(31-18)26-20(29)24-10-8-17-23-11-13-27(17)12-9-22/h4-7,11,13H,3,8-10,12H2,1-2H3,(H2,24,25,26,29). The Kier molecular flexibility index (Phi) is 7.71. The number of ether oxygens (including phenoxy) is 1. The predicted octanol–water partition coefficient (Wildman–Crippen LogP) is 3.83. The zero-order valence-electron chi connectivity index (χ0n) is 17.4. The summed E-state index contributed by atoms with van der Waals surface area (Å²) in [7, 11) is 0. The van der Waals surface area contributed by atoms with Crippen LogP contribution in [0.4, 0.5) is 14.3 Å². The van der Waals surface area contributed by atoms with Crippen molar-refractivity contribution in [3.05, 3.63) is 53.7 Å². The number of nitrogens with zero attached hydrogens (tertiary/aromatic N) is 3. The molecule has 1 aromatic carbocycles. The maximum atomic E-state index is 12.5. The Morgan fingerprint density at radius 3 is 2.74 bits per heavy atom. The number of rotatable bonds is 9. The number of thiazole rings is 1. The second-order valence-electron chi connectivity index (χ2n) is 6.59. The van der Waals surface area contributed by atoms with Crippen molar-refractivity contribution in [2.24, 2.45) is 0 Å². The van der Waals surface area contributed by atoms with Gasteiger partial charge in [0.1, 0.15) is 12.5 Å². The summed E-state index contributed by atoms with van der Waals surface area (Å²) in [6, 6.07) is 6.70. The molecule has 0 radical (unpaired) electrons. The van der Waals surface area contributed by atoms with Crippen LogP contribution in [-0.4, -0.2) is 46.4 Å². The zero-order chi connectivity index (χ0) is 22.2. The number of aromatic nitrogens is 3. The molecule has 31 heavy (non-hydrogen) atoms. The Hall–Kier alpha value is -3.27. The summed E-state index contributed by atoms with van der Waals surface area (Å²) < 4.78 is 19.2. The van der Waals surface area contributed by atoms with Gasteiger partial charge in [0.25, 0.3) is 0 Å². The van der Waals surface area contributed by atoms with Gasteiger partial charge in [-0.2, -0.15) is 0 Å². The highest BCUT2D eigenvalue weighted by Gasteiger charge is 2.13. The van der Waals surface area contributed by atoms with Gasteiger partial charge in [-0.15, -0.1) is 0 Å². The topological polar surface area (TPSA) is 98.1 Å². The maximum Gasteiger partial charge on any atom is 0.338 e. The lowest BCUT2D eigenvalue weighted by Crippen LogP contribution is -2.30. The molecular weight excluding hydrogens is 421 g/mol. The lowest BCUT2D eigenvalue weighted by Gasteiger charge is -2.07. The average molecular weight is 446 g/mol. The molecule has 0 aliphatic carbocycles. The number of urea groups is 1. The van der Waals surface area contributed by atoms with Gasteiger partial charge in [0, 0.05) is 25.4 Å². The third-order valence-corrected chi connectivity index (χ3v) is 5.56. The van der Waals surface area contributed by atoms with E-state index >= 15 is 0 Å². The number of nitrogens with one attached hydrogen (secondary N) is 2. The minimum atomic E-state index is -0.464. The summed E-state index contributed by atoms with van der Waals surface area (Å²) in [5.74, 6) is 0.359. The van der Waals surface area contributed by atoms with Crippen LogP contribution in [0.2, 0.25) is 0 Å². The molecule has 0 spiro atoms. The molecule has 0 fully saturated rings. The van der Waals surface area contributed by atoms with Crippen molar-refractivity contribution in [2.75, 3.05) is 25.1 Å². The highest BCUT2D eigenvalue weighted by atomic mass is 32.1. The van der Waals surface area contributed by atoms with Crippen LogP contribution < -0.4 is 10.6 Å². The van der Waals surface area contributed by atoms with Crippen molar-refractivity contribution in [3.8, 4) is 10.4 Å². The first kappa shape index (κ1) is 22.4. The van der Waals surface area contributed by atoms with Gasteiger partial charge in [0.15, 0.2) is 5.13 Å². The highest BCUT2D eigenvalue weighted by Crippen LogP contribution is 2.32. The number of carbonyl (C=O) groups excluding carboxylic acids is 2. The molecule has 0 saturated heterocycles. The summed E-state index contributed by atoms with van der Waals surface area (Å²) in [4.78, 5) is 33.5. The lowest BCUT2D eigenvalue weighted by atomic mass is 10.1. The number of aryl methyl sites for hydroxylation is 2. The fraction of sp³-hybridized carbons (Fsp3) is 0.333. The van der Waals surface area contributed by atoms with Gasteiger partial charge < -0.3 is 14.6 Å². The Balaban J connectivity index is 1.56. The second-order valence-corrected chi connectivity index (χ2v) is 7.59. The third kappa shape index (κ3) is 5.88. The van der Waals surface area contributed by atoms with E-state index in [1.807, 2.05) is 19.1 Å². The Morgan fingerprint density at radius 1 is 1.26 bits per heavy atom. The van der Waals surface area contributed by atoms with Gasteiger partial charge >= 0.3 is 12.0 Å². The van der Waals surface area contributed by atoms with E-state index in [0.29, 0.717) is 30.3 Å². The van der Waals surface area contributed by atoms with Gasteiger partial charge in [-0.25, -0.2) is 23.9 Å². The van der Waals surface area contributed by atoms with Gasteiger partial charge in [0.2, 0.25) is 0 Å². The molecule has 0 unspecified atom stereocenters. The molecule has 0 aliphatic rings. The van der Waals surface area contributed by atoms with Crippen molar-refractivity contribution in [2.45, 2.75) is 26.8 Å². The van der Waals surface area contributed by atoms with E-state index in [1.165, 1.54) is 11.3 Å². The van der Waals surface area contributed by atoms with E-state index in [9.17, 15) is 14.0 Å². The number of carbonyl (C=O) groups is 2. The fourth-order valence-electron chi connectivity index (χ4n) is 2.98. The van der Waals surface area contributed by atoms with Crippen LogP contribution in [0.5, 0.6) is 0 Å². The van der Waals surface area contributed by atoms with Crippen LogP contribution in [0.15, 0.2) is 36.7 Å². The van der Waals surface area contributed by atoms with Crippen LogP contribution >= 0.6 is 11.3 Å². The van der Waals surface area contributed by atoms with E-state index in [1.54, 1.807) is 36.0 Å². The lowest BCUT2D eigenvalue weighted by molar-refractivity contribution is 0.0526. The number of amides is 2. The van der Waals surface area contributed by atoms with Crippen molar-refractivity contribution < 1.29 is 18.7 Å². The molecule has 3 rings (SSSR count).